The van der Waals surface area contributed by atoms with Crippen LogP contribution < -0.4 is 0 Å². The minimum atomic E-state index is 0.0421. The van der Waals surface area contributed by atoms with E-state index in [0.717, 1.165) is 40.2 Å². The fourth-order valence-electron chi connectivity index (χ4n) is 3.29. The Kier molecular flexibility index (Phi) is 4.72. The molecular formula is C19H19N3O2S. The summed E-state index contributed by atoms with van der Waals surface area (Å²) in [5.41, 5.74) is 2.13. The Morgan fingerprint density at radius 2 is 2.08 bits per heavy atom. The molecule has 5 nitrogen and oxygen atoms in total. The molecule has 128 valence electrons. The van der Waals surface area contributed by atoms with Crippen molar-refractivity contribution in [3.63, 3.8) is 0 Å². The van der Waals surface area contributed by atoms with Crippen LogP contribution in [0.4, 0.5) is 0 Å². The predicted molar refractivity (Wildman–Crippen MR) is 97.2 cm³/mol. The standard InChI is InChI=1S/C19H19N3O2S/c23-19(22-11-3-5-16(22)14-7-9-20-10-8-14)13-24-12-18-21-15-4-1-2-6-17(15)25-18/h1-2,4,6-10,16H,3,5,11-13H2. The molecular weight excluding hydrogens is 334 g/mol. The van der Waals surface area contributed by atoms with E-state index in [4.69, 9.17) is 4.74 Å². The zero-order valence-electron chi connectivity index (χ0n) is 13.8. The fourth-order valence-corrected chi connectivity index (χ4v) is 4.19. The van der Waals surface area contributed by atoms with Gasteiger partial charge in [0, 0.05) is 18.9 Å². The Morgan fingerprint density at radius 1 is 1.24 bits per heavy atom. The highest BCUT2D eigenvalue weighted by atomic mass is 32.1. The fraction of sp³-hybridized carbons (Fsp3) is 0.316. The molecule has 1 amide bonds. The van der Waals surface area contributed by atoms with Gasteiger partial charge in [0.05, 0.1) is 22.9 Å². The van der Waals surface area contributed by atoms with Crippen LogP contribution in [0.5, 0.6) is 0 Å². The van der Waals surface area contributed by atoms with E-state index in [1.165, 1.54) is 0 Å². The molecule has 1 atom stereocenters. The predicted octanol–water partition coefficient (Wildman–Crippen LogP) is 3.57. The van der Waals surface area contributed by atoms with Crippen molar-refractivity contribution in [3.8, 4) is 0 Å². The SMILES string of the molecule is O=C(COCc1nc2ccccc2s1)N1CCCC1c1ccncc1. The van der Waals surface area contributed by atoms with Crippen molar-refractivity contribution < 1.29 is 9.53 Å². The van der Waals surface area contributed by atoms with Crippen LogP contribution >= 0.6 is 11.3 Å². The van der Waals surface area contributed by atoms with Gasteiger partial charge < -0.3 is 9.64 Å². The molecule has 1 saturated heterocycles. The maximum Gasteiger partial charge on any atom is 0.249 e. The first-order valence-electron chi connectivity index (χ1n) is 8.43. The van der Waals surface area contributed by atoms with Crippen molar-refractivity contribution in [2.24, 2.45) is 0 Å². The first-order chi connectivity index (χ1) is 12.3. The summed E-state index contributed by atoms with van der Waals surface area (Å²) < 4.78 is 6.80. The minimum absolute atomic E-state index is 0.0421. The van der Waals surface area contributed by atoms with Crippen LogP contribution in [0.1, 0.15) is 29.5 Å². The molecule has 3 heterocycles. The van der Waals surface area contributed by atoms with Crippen LogP contribution in [-0.2, 0) is 16.1 Å². The normalized spacial score (nSPS) is 17.3. The number of benzene rings is 1. The number of hydrogen-bond donors (Lipinski definition) is 0. The smallest absolute Gasteiger partial charge is 0.249 e. The second kappa shape index (κ2) is 7.29. The Hall–Kier alpha value is -2.31. The van der Waals surface area contributed by atoms with E-state index in [2.05, 4.69) is 9.97 Å². The first-order valence-corrected chi connectivity index (χ1v) is 9.24. The molecule has 0 aliphatic carbocycles. The Balaban J connectivity index is 1.35. The molecule has 25 heavy (non-hydrogen) atoms. The van der Waals surface area contributed by atoms with Crippen molar-refractivity contribution in [2.75, 3.05) is 13.2 Å². The summed E-state index contributed by atoms with van der Waals surface area (Å²) in [6.07, 6.45) is 5.57. The van der Waals surface area contributed by atoms with E-state index >= 15 is 0 Å². The molecule has 1 fully saturated rings. The number of nitrogens with zero attached hydrogens (tertiary/aromatic N) is 3. The Morgan fingerprint density at radius 3 is 2.92 bits per heavy atom. The number of pyridine rings is 1. The molecule has 4 rings (SSSR count). The van der Waals surface area contributed by atoms with Gasteiger partial charge in [0.2, 0.25) is 5.91 Å². The summed E-state index contributed by atoms with van der Waals surface area (Å²) in [5.74, 6) is 0.0421. The quantitative estimate of drug-likeness (QED) is 0.704. The molecule has 0 saturated carbocycles. The molecule has 0 bridgehead atoms. The van der Waals surface area contributed by atoms with Crippen molar-refractivity contribution in [2.45, 2.75) is 25.5 Å². The van der Waals surface area contributed by atoms with Crippen molar-refractivity contribution in [3.05, 3.63) is 59.4 Å². The average molecular weight is 353 g/mol. The second-order valence-corrected chi connectivity index (χ2v) is 7.21. The van der Waals surface area contributed by atoms with Gasteiger partial charge in [0.1, 0.15) is 11.6 Å². The largest absolute Gasteiger partial charge is 0.364 e. The average Bonchev–Trinajstić information content (AvgIpc) is 3.29. The summed E-state index contributed by atoms with van der Waals surface area (Å²) >= 11 is 1.61. The zero-order valence-corrected chi connectivity index (χ0v) is 14.6. The van der Waals surface area contributed by atoms with E-state index in [1.807, 2.05) is 41.3 Å². The summed E-state index contributed by atoms with van der Waals surface area (Å²) in [5, 5.41) is 0.904. The van der Waals surface area contributed by atoms with Crippen LogP contribution in [0.25, 0.3) is 10.2 Å². The molecule has 2 aromatic heterocycles. The Bertz CT molecular complexity index is 832. The van der Waals surface area contributed by atoms with Gasteiger partial charge >= 0.3 is 0 Å². The maximum atomic E-state index is 12.6. The molecule has 1 aromatic carbocycles. The molecule has 1 unspecified atom stereocenters. The Labute approximate surface area is 150 Å². The number of ether oxygens (including phenoxy) is 1. The van der Waals surface area contributed by atoms with Crippen LogP contribution in [-0.4, -0.2) is 33.9 Å². The number of amides is 1. The lowest BCUT2D eigenvalue weighted by molar-refractivity contribution is -0.137. The molecule has 1 aliphatic rings. The van der Waals surface area contributed by atoms with E-state index < -0.39 is 0 Å². The molecule has 0 N–H and O–H groups in total. The van der Waals surface area contributed by atoms with Crippen LogP contribution in [0.15, 0.2) is 48.8 Å². The number of likely N-dealkylation sites (tertiary alicyclic amines) is 1. The first kappa shape index (κ1) is 16.2. The van der Waals surface area contributed by atoms with E-state index in [1.54, 1.807) is 23.7 Å². The van der Waals surface area contributed by atoms with Gasteiger partial charge in [0.15, 0.2) is 0 Å². The van der Waals surface area contributed by atoms with E-state index in [-0.39, 0.29) is 18.6 Å². The molecule has 1 aliphatic heterocycles. The van der Waals surface area contributed by atoms with Gasteiger partial charge in [-0.2, -0.15) is 0 Å². The summed E-state index contributed by atoms with van der Waals surface area (Å²) in [6, 6.07) is 12.1. The highest BCUT2D eigenvalue weighted by Gasteiger charge is 2.29. The van der Waals surface area contributed by atoms with Gasteiger partial charge in [-0.15, -0.1) is 11.3 Å². The number of aromatic nitrogens is 2. The van der Waals surface area contributed by atoms with Crippen molar-refractivity contribution in [1.29, 1.82) is 0 Å². The highest BCUT2D eigenvalue weighted by molar-refractivity contribution is 7.18. The van der Waals surface area contributed by atoms with Gasteiger partial charge in [-0.1, -0.05) is 12.1 Å². The third-order valence-corrected chi connectivity index (χ3v) is 5.46. The lowest BCUT2D eigenvalue weighted by Crippen LogP contribution is -2.33. The summed E-state index contributed by atoms with van der Waals surface area (Å²) in [6.45, 7) is 1.26. The number of carbonyl (C=O) groups excluding carboxylic acids is 1. The van der Waals surface area contributed by atoms with Crippen molar-refractivity contribution in [1.82, 2.24) is 14.9 Å². The number of rotatable bonds is 5. The van der Waals surface area contributed by atoms with Crippen LogP contribution in [0, 0.1) is 0 Å². The third-order valence-electron chi connectivity index (χ3n) is 4.45. The number of hydrogen-bond acceptors (Lipinski definition) is 5. The molecule has 0 radical (unpaired) electrons. The topological polar surface area (TPSA) is 55.3 Å². The lowest BCUT2D eigenvalue weighted by atomic mass is 10.1. The number of thiazole rings is 1. The van der Waals surface area contributed by atoms with Gasteiger partial charge in [-0.05, 0) is 42.7 Å². The molecule has 0 spiro atoms. The third kappa shape index (κ3) is 3.55. The molecule has 3 aromatic rings. The summed E-state index contributed by atoms with van der Waals surface area (Å²) in [7, 11) is 0. The van der Waals surface area contributed by atoms with Crippen molar-refractivity contribution >= 4 is 27.5 Å². The highest BCUT2D eigenvalue weighted by Crippen LogP contribution is 2.31. The number of para-hydroxylation sites is 1. The summed E-state index contributed by atoms with van der Waals surface area (Å²) in [4.78, 5) is 23.1. The van der Waals surface area contributed by atoms with Gasteiger partial charge in [-0.25, -0.2) is 4.98 Å². The monoisotopic (exact) mass is 353 g/mol. The van der Waals surface area contributed by atoms with E-state index in [9.17, 15) is 4.79 Å². The molecule has 6 heteroatoms. The lowest BCUT2D eigenvalue weighted by Gasteiger charge is -2.24. The van der Waals surface area contributed by atoms with Gasteiger partial charge in [0.25, 0.3) is 0 Å². The second-order valence-electron chi connectivity index (χ2n) is 6.09. The van der Waals surface area contributed by atoms with Crippen LogP contribution in [0.3, 0.4) is 0 Å². The minimum Gasteiger partial charge on any atom is -0.364 e. The maximum absolute atomic E-state index is 12.6. The number of fused-ring (bicyclic) bond motifs is 1. The number of carbonyl (C=O) groups is 1. The van der Waals surface area contributed by atoms with Crippen LogP contribution in [0.2, 0.25) is 0 Å². The van der Waals surface area contributed by atoms with Gasteiger partial charge in [-0.3, -0.25) is 9.78 Å². The van der Waals surface area contributed by atoms with E-state index in [0.29, 0.717) is 6.61 Å². The zero-order chi connectivity index (χ0) is 17.1.